The molecule has 0 amide bonds. The van der Waals surface area contributed by atoms with Gasteiger partial charge in [0.15, 0.2) is 5.82 Å². The minimum absolute atomic E-state index is 0.518. The normalized spacial score (nSPS) is 10.9. The molecule has 0 saturated carbocycles. The number of nitrogens with one attached hydrogen (secondary N) is 1. The molecule has 0 aliphatic heterocycles. The molecule has 0 radical (unpaired) electrons. The molecule has 20 heavy (non-hydrogen) atoms. The van der Waals surface area contributed by atoms with E-state index in [4.69, 9.17) is 5.73 Å². The van der Waals surface area contributed by atoms with E-state index >= 15 is 0 Å². The van der Waals surface area contributed by atoms with Crippen molar-refractivity contribution >= 4 is 49.0 Å². The average Bonchev–Trinajstić information content (AvgIpc) is 2.95. The zero-order valence-electron chi connectivity index (χ0n) is 10.6. The van der Waals surface area contributed by atoms with Crippen LogP contribution >= 0.6 is 43.2 Å². The quantitative estimate of drug-likeness (QED) is 0.606. The summed E-state index contributed by atoms with van der Waals surface area (Å²) < 4.78 is 2.08. The largest absolute Gasteiger partial charge is 0.382 e. The van der Waals surface area contributed by atoms with Crippen molar-refractivity contribution in [3.63, 3.8) is 0 Å². The Kier molecular flexibility index (Phi) is 3.70. The minimum atomic E-state index is 0.518. The lowest BCUT2D eigenvalue weighted by atomic mass is 10.0. The second-order valence-corrected chi connectivity index (χ2v) is 7.68. The van der Waals surface area contributed by atoms with E-state index in [1.54, 1.807) is 11.3 Å². The van der Waals surface area contributed by atoms with Crippen LogP contribution in [0, 0.1) is 6.92 Å². The first-order chi connectivity index (χ1) is 9.56. The summed E-state index contributed by atoms with van der Waals surface area (Å²) >= 11 is 8.66. The van der Waals surface area contributed by atoms with Gasteiger partial charge in [0.05, 0.1) is 19.9 Å². The molecule has 0 saturated heterocycles. The summed E-state index contributed by atoms with van der Waals surface area (Å²) in [7, 11) is 0. The third-order valence-corrected chi connectivity index (χ3v) is 6.30. The van der Waals surface area contributed by atoms with Gasteiger partial charge in [-0.1, -0.05) is 29.8 Å². The summed E-state index contributed by atoms with van der Waals surface area (Å²) in [4.78, 5) is 1.09. The van der Waals surface area contributed by atoms with Gasteiger partial charge < -0.3 is 5.73 Å². The molecule has 3 N–H and O–H groups in total. The molecule has 0 unspecified atom stereocenters. The van der Waals surface area contributed by atoms with Crippen LogP contribution in [0.15, 0.2) is 38.6 Å². The number of aromatic amines is 1. The number of rotatable bonds is 2. The van der Waals surface area contributed by atoms with Crippen LogP contribution < -0.4 is 5.73 Å². The number of nitrogen functional groups attached to an aromatic ring is 1. The summed E-state index contributed by atoms with van der Waals surface area (Å²) in [6.07, 6.45) is 0. The lowest BCUT2D eigenvalue weighted by Crippen LogP contribution is -1.88. The molecule has 102 valence electrons. The molecule has 3 nitrogen and oxygen atoms in total. The van der Waals surface area contributed by atoms with Gasteiger partial charge in [-0.15, -0.1) is 11.3 Å². The van der Waals surface area contributed by atoms with Gasteiger partial charge in [-0.2, -0.15) is 5.10 Å². The van der Waals surface area contributed by atoms with Crippen molar-refractivity contribution in [2.75, 3.05) is 5.73 Å². The summed E-state index contributed by atoms with van der Waals surface area (Å²) in [5, 5.41) is 7.20. The van der Waals surface area contributed by atoms with Gasteiger partial charge in [0.2, 0.25) is 0 Å². The van der Waals surface area contributed by atoms with Crippen LogP contribution in [-0.2, 0) is 0 Å². The molecule has 0 spiro atoms. The molecular weight excluding hydrogens is 402 g/mol. The highest BCUT2D eigenvalue weighted by molar-refractivity contribution is 9.13. The Balaban J connectivity index is 2.16. The number of thiophene rings is 1. The Labute approximate surface area is 137 Å². The number of anilines is 1. The highest BCUT2D eigenvalue weighted by Crippen LogP contribution is 2.42. The molecule has 0 aliphatic rings. The zero-order chi connectivity index (χ0) is 14.3. The average molecular weight is 413 g/mol. The van der Waals surface area contributed by atoms with Crippen LogP contribution in [0.5, 0.6) is 0 Å². The maximum absolute atomic E-state index is 6.03. The number of halogens is 2. The van der Waals surface area contributed by atoms with Gasteiger partial charge >= 0.3 is 0 Å². The number of H-pyrrole nitrogens is 1. The number of hydrogen-bond acceptors (Lipinski definition) is 3. The second-order valence-electron chi connectivity index (χ2n) is 4.46. The predicted molar refractivity (Wildman–Crippen MR) is 91.9 cm³/mol. The SMILES string of the molecule is Cc1ccc(-c2c(N)n[nH]c2-c2cc(Br)c(Br)s2)cc1. The molecule has 0 atom stereocenters. The van der Waals surface area contributed by atoms with Gasteiger partial charge in [-0.3, -0.25) is 5.10 Å². The maximum Gasteiger partial charge on any atom is 0.153 e. The van der Waals surface area contributed by atoms with Crippen molar-refractivity contribution in [1.82, 2.24) is 10.2 Å². The number of aromatic nitrogens is 2. The molecular formula is C14H11Br2N3S. The van der Waals surface area contributed by atoms with E-state index < -0.39 is 0 Å². The maximum atomic E-state index is 6.03. The fourth-order valence-corrected chi connectivity index (χ4v) is 4.05. The minimum Gasteiger partial charge on any atom is -0.382 e. The first-order valence-electron chi connectivity index (χ1n) is 5.92. The first-order valence-corrected chi connectivity index (χ1v) is 8.32. The van der Waals surface area contributed by atoms with Gasteiger partial charge in [0.1, 0.15) is 0 Å². The third-order valence-electron chi connectivity index (χ3n) is 3.03. The van der Waals surface area contributed by atoms with E-state index in [0.717, 1.165) is 30.0 Å². The predicted octanol–water partition coefficient (Wildman–Crippen LogP) is 5.22. The molecule has 1 aromatic carbocycles. The summed E-state index contributed by atoms with van der Waals surface area (Å²) in [5.41, 5.74) is 10.2. The molecule has 0 fully saturated rings. The summed E-state index contributed by atoms with van der Waals surface area (Å²) in [6, 6.07) is 10.3. The van der Waals surface area contributed by atoms with E-state index in [1.165, 1.54) is 5.56 Å². The van der Waals surface area contributed by atoms with Crippen LogP contribution in [0.1, 0.15) is 5.56 Å². The number of nitrogens with two attached hydrogens (primary N) is 1. The monoisotopic (exact) mass is 411 g/mol. The van der Waals surface area contributed by atoms with Crippen LogP contribution in [0.3, 0.4) is 0 Å². The van der Waals surface area contributed by atoms with Crippen molar-refractivity contribution in [2.45, 2.75) is 6.92 Å². The van der Waals surface area contributed by atoms with Gasteiger partial charge in [-0.25, -0.2) is 0 Å². The van der Waals surface area contributed by atoms with Crippen LogP contribution in [0.25, 0.3) is 21.7 Å². The Morgan fingerprint density at radius 2 is 1.90 bits per heavy atom. The van der Waals surface area contributed by atoms with Crippen molar-refractivity contribution in [1.29, 1.82) is 0 Å². The Morgan fingerprint density at radius 3 is 2.50 bits per heavy atom. The summed E-state index contributed by atoms with van der Waals surface area (Å²) in [5.74, 6) is 0.518. The van der Waals surface area contributed by atoms with Gasteiger partial charge in [-0.05, 0) is 50.4 Å². The second kappa shape index (κ2) is 5.35. The Morgan fingerprint density at radius 1 is 1.20 bits per heavy atom. The van der Waals surface area contributed by atoms with E-state index in [9.17, 15) is 0 Å². The highest BCUT2D eigenvalue weighted by Gasteiger charge is 2.17. The lowest BCUT2D eigenvalue weighted by molar-refractivity contribution is 1.11. The standard InChI is InChI=1S/C14H11Br2N3S/c1-7-2-4-8(5-3-7)11-12(18-19-14(11)17)10-6-9(15)13(16)20-10/h2-6H,1H3,(H3,17,18,19). The number of benzene rings is 1. The van der Waals surface area contributed by atoms with Crippen molar-refractivity contribution in [3.8, 4) is 21.7 Å². The number of aryl methyl sites for hydroxylation is 1. The zero-order valence-corrected chi connectivity index (χ0v) is 14.6. The van der Waals surface area contributed by atoms with E-state index in [1.807, 2.05) is 0 Å². The van der Waals surface area contributed by atoms with E-state index in [2.05, 4.69) is 79.3 Å². The fraction of sp³-hybridized carbons (Fsp3) is 0.0714. The molecule has 2 heterocycles. The summed E-state index contributed by atoms with van der Waals surface area (Å²) in [6.45, 7) is 2.07. The van der Waals surface area contributed by atoms with E-state index in [0.29, 0.717) is 5.82 Å². The van der Waals surface area contributed by atoms with Crippen LogP contribution in [0.2, 0.25) is 0 Å². The lowest BCUT2D eigenvalue weighted by Gasteiger charge is -2.03. The highest BCUT2D eigenvalue weighted by atomic mass is 79.9. The molecule has 0 aliphatic carbocycles. The van der Waals surface area contributed by atoms with Gasteiger partial charge in [0, 0.05) is 4.47 Å². The van der Waals surface area contributed by atoms with Crippen LogP contribution in [-0.4, -0.2) is 10.2 Å². The van der Waals surface area contributed by atoms with Crippen LogP contribution in [0.4, 0.5) is 5.82 Å². The van der Waals surface area contributed by atoms with E-state index in [-0.39, 0.29) is 0 Å². The van der Waals surface area contributed by atoms with Crippen molar-refractivity contribution in [3.05, 3.63) is 44.2 Å². The fourth-order valence-electron chi connectivity index (χ4n) is 2.02. The van der Waals surface area contributed by atoms with Crippen molar-refractivity contribution in [2.24, 2.45) is 0 Å². The van der Waals surface area contributed by atoms with Gasteiger partial charge in [0.25, 0.3) is 0 Å². The molecule has 3 aromatic rings. The first kappa shape index (κ1) is 13.9. The Hall–Kier alpha value is -1.11. The molecule has 3 rings (SSSR count). The third kappa shape index (κ3) is 2.43. The smallest absolute Gasteiger partial charge is 0.153 e. The molecule has 2 aromatic heterocycles. The number of hydrogen-bond donors (Lipinski definition) is 2. The molecule has 0 bridgehead atoms. The molecule has 6 heteroatoms. The topological polar surface area (TPSA) is 54.7 Å². The van der Waals surface area contributed by atoms with Crippen molar-refractivity contribution < 1.29 is 0 Å². The Bertz CT molecular complexity index is 740. The number of nitrogens with zero attached hydrogens (tertiary/aromatic N) is 1.